The zero-order chi connectivity index (χ0) is 39.9. The second-order valence-electron chi connectivity index (χ2n) is 18.3. The molecule has 2 heterocycles. The first-order valence-corrected chi connectivity index (χ1v) is 21.9. The van der Waals surface area contributed by atoms with Gasteiger partial charge >= 0.3 is 0 Å². The highest BCUT2D eigenvalue weighted by molar-refractivity contribution is 6.30. The van der Waals surface area contributed by atoms with E-state index >= 15 is 0 Å². The molecule has 3 atom stereocenters. The molecule has 0 aliphatic heterocycles. The van der Waals surface area contributed by atoms with Crippen molar-refractivity contribution in [2.75, 3.05) is 0 Å². The van der Waals surface area contributed by atoms with E-state index in [4.69, 9.17) is 0 Å². The minimum atomic E-state index is -0.611. The third-order valence-electron chi connectivity index (χ3n) is 16.0. The van der Waals surface area contributed by atoms with Crippen molar-refractivity contribution < 1.29 is 0 Å². The lowest BCUT2D eigenvalue weighted by Crippen LogP contribution is -2.32. The van der Waals surface area contributed by atoms with Gasteiger partial charge in [0.2, 0.25) is 0 Å². The summed E-state index contributed by atoms with van der Waals surface area (Å²) < 4.78 is 2.49. The molecule has 0 N–H and O–H groups in total. The molecule has 2 aromatic heterocycles. The van der Waals surface area contributed by atoms with Crippen molar-refractivity contribution in [3.8, 4) is 34.4 Å². The fraction of sp³-hybridized carbons (Fsp3) is 0.193. The van der Waals surface area contributed by atoms with Gasteiger partial charge in [0.15, 0.2) is 0 Å². The predicted octanol–water partition coefficient (Wildman–Crippen LogP) is 14.0. The van der Waals surface area contributed by atoms with Crippen LogP contribution in [0.1, 0.15) is 102 Å². The minimum absolute atomic E-state index is 0.331. The van der Waals surface area contributed by atoms with E-state index in [9.17, 15) is 10.5 Å². The maximum absolute atomic E-state index is 11.0. The molecule has 0 bridgehead atoms. The summed E-state index contributed by atoms with van der Waals surface area (Å²) in [5.41, 5.74) is 22.4. The molecule has 3 heteroatoms. The Morgan fingerprint density at radius 3 is 2.05 bits per heavy atom. The Hall–Kier alpha value is -6.94. The molecule has 7 aromatic carbocycles. The number of hydrogen-bond donors (Lipinski definition) is 0. The van der Waals surface area contributed by atoms with Gasteiger partial charge in [-0.1, -0.05) is 122 Å². The third kappa shape index (κ3) is 3.51. The maximum atomic E-state index is 11.0. The summed E-state index contributed by atoms with van der Waals surface area (Å²) in [6.45, 7) is 6.86. The van der Waals surface area contributed by atoms with E-state index in [0.717, 1.165) is 53.4 Å². The summed E-state index contributed by atoms with van der Waals surface area (Å²) in [7, 11) is 0. The molecule has 3 nitrogen and oxygen atoms in total. The normalized spacial score (nSPS) is 19.7. The summed E-state index contributed by atoms with van der Waals surface area (Å²) >= 11 is 0. The number of benzene rings is 7. The van der Waals surface area contributed by atoms with Crippen LogP contribution in [-0.4, -0.2) is 4.40 Å². The van der Waals surface area contributed by atoms with E-state index in [1.54, 1.807) is 0 Å². The lowest BCUT2D eigenvalue weighted by atomic mass is 9.60. The molecule has 3 unspecified atom stereocenters. The Kier molecular flexibility index (Phi) is 6.04. The van der Waals surface area contributed by atoms with E-state index in [1.807, 2.05) is 0 Å². The molecule has 14 rings (SSSR count). The van der Waals surface area contributed by atoms with Crippen LogP contribution >= 0.6 is 0 Å². The number of rotatable bonds is 2. The third-order valence-corrected chi connectivity index (χ3v) is 16.0. The highest BCUT2D eigenvalue weighted by Gasteiger charge is 2.52. The summed E-state index contributed by atoms with van der Waals surface area (Å²) in [5.74, 6) is 1.30. The van der Waals surface area contributed by atoms with Crippen LogP contribution in [0.4, 0.5) is 0 Å². The van der Waals surface area contributed by atoms with Gasteiger partial charge in [0.05, 0.1) is 45.2 Å². The van der Waals surface area contributed by atoms with E-state index in [-0.39, 0.29) is 0 Å². The van der Waals surface area contributed by atoms with Crippen molar-refractivity contribution >= 4 is 61.0 Å². The summed E-state index contributed by atoms with van der Waals surface area (Å²) in [6, 6.07) is 44.4. The van der Waals surface area contributed by atoms with E-state index < -0.39 is 5.41 Å². The molecule has 5 aliphatic carbocycles. The first-order valence-electron chi connectivity index (χ1n) is 21.9. The SMILES string of the molecule is CCC1Cc2c(C#N)cc3c(c2C=C1C)c1c2c(cc4c5c6c(c(C#N)cc5n3c41)C=C1C(CC)CC16)-c1cccc3cccc(c13)C21c2ccccc2-c2ccccc21. The molecule has 1 fully saturated rings. The summed E-state index contributed by atoms with van der Waals surface area (Å²) in [4.78, 5) is 0. The molecule has 5 aliphatic rings. The topological polar surface area (TPSA) is 52.0 Å². The molecule has 9 aromatic rings. The average Bonchev–Trinajstić information content (AvgIpc) is 3.98. The Balaban J connectivity index is 1.29. The van der Waals surface area contributed by atoms with Crippen molar-refractivity contribution in [2.45, 2.75) is 57.8 Å². The van der Waals surface area contributed by atoms with Gasteiger partial charge in [0, 0.05) is 27.5 Å². The van der Waals surface area contributed by atoms with Crippen LogP contribution in [0.25, 0.3) is 83.3 Å². The molecule has 282 valence electrons. The second kappa shape index (κ2) is 11.0. The van der Waals surface area contributed by atoms with Crippen LogP contribution in [0, 0.1) is 34.5 Å². The highest BCUT2D eigenvalue weighted by Crippen LogP contribution is 2.66. The van der Waals surface area contributed by atoms with Gasteiger partial charge in [0.25, 0.3) is 0 Å². The number of nitrogens with zero attached hydrogens (tertiary/aromatic N) is 3. The summed E-state index contributed by atoms with van der Waals surface area (Å²) in [6.07, 6.45) is 8.95. The van der Waals surface area contributed by atoms with Gasteiger partial charge in [-0.25, -0.2) is 0 Å². The second-order valence-corrected chi connectivity index (χ2v) is 18.3. The van der Waals surface area contributed by atoms with Crippen LogP contribution in [0.5, 0.6) is 0 Å². The quantitative estimate of drug-likeness (QED) is 0.176. The van der Waals surface area contributed by atoms with Crippen molar-refractivity contribution in [1.82, 2.24) is 4.40 Å². The van der Waals surface area contributed by atoms with Crippen molar-refractivity contribution in [3.05, 3.63) is 170 Å². The Labute approximate surface area is 348 Å². The molecule has 1 saturated carbocycles. The average molecular weight is 766 g/mol. The molecule has 0 amide bonds. The zero-order valence-corrected chi connectivity index (χ0v) is 33.9. The Morgan fingerprint density at radius 1 is 0.650 bits per heavy atom. The standard InChI is InChI=1S/C57H39N3/c1-4-30-21-38-33(27-58)23-48-52(41(38)20-29(30)3)54-55-43(26-44-53-49(60(48)56(44)54)24-34(28-59)40-25-39-31(5-2)22-42(39)51(40)53)37-16-10-12-32-13-11-19-47(50(32)37)57(55)45-17-8-6-14-35(45)36-15-7-9-18-46(36)57/h6-20,23-26,30-31,42H,4-5,21-22H2,1-3H3. The fourth-order valence-electron chi connectivity index (χ4n) is 13.5. The first kappa shape index (κ1) is 33.0. The Morgan fingerprint density at radius 2 is 1.32 bits per heavy atom. The van der Waals surface area contributed by atoms with E-state index in [0.29, 0.717) is 17.8 Å². The van der Waals surface area contributed by atoms with E-state index in [2.05, 4.69) is 153 Å². The number of hydrogen-bond acceptors (Lipinski definition) is 2. The summed E-state index contributed by atoms with van der Waals surface area (Å²) in [5, 5.41) is 29.5. The fourth-order valence-corrected chi connectivity index (χ4v) is 13.5. The Bertz CT molecular complexity index is 3630. The van der Waals surface area contributed by atoms with Crippen molar-refractivity contribution in [3.63, 3.8) is 0 Å². The highest BCUT2D eigenvalue weighted by atomic mass is 14.9. The van der Waals surface area contributed by atoms with Crippen LogP contribution < -0.4 is 0 Å². The smallest absolute Gasteiger partial charge is 0.0998 e. The lowest BCUT2D eigenvalue weighted by Gasteiger charge is -2.41. The van der Waals surface area contributed by atoms with Crippen LogP contribution in [-0.2, 0) is 11.8 Å². The van der Waals surface area contributed by atoms with E-state index in [1.165, 1.54) is 110 Å². The molecule has 60 heavy (non-hydrogen) atoms. The molecule has 0 saturated heterocycles. The van der Waals surface area contributed by atoms with Gasteiger partial charge in [-0.3, -0.25) is 0 Å². The maximum Gasteiger partial charge on any atom is 0.0998 e. The molecule has 1 spiro atoms. The van der Waals surface area contributed by atoms with Gasteiger partial charge < -0.3 is 4.40 Å². The lowest BCUT2D eigenvalue weighted by molar-refractivity contribution is 0.390. The molecule has 0 radical (unpaired) electrons. The van der Waals surface area contributed by atoms with Gasteiger partial charge in [-0.15, -0.1) is 0 Å². The van der Waals surface area contributed by atoms with Crippen LogP contribution in [0.3, 0.4) is 0 Å². The van der Waals surface area contributed by atoms with Crippen molar-refractivity contribution in [2.24, 2.45) is 11.8 Å². The number of nitriles is 2. The molecular formula is C57H39N3. The number of allylic oxidation sites excluding steroid dienone is 2. The van der Waals surface area contributed by atoms with Crippen molar-refractivity contribution in [1.29, 1.82) is 10.5 Å². The van der Waals surface area contributed by atoms with Gasteiger partial charge in [-0.2, -0.15) is 10.5 Å². The van der Waals surface area contributed by atoms with Crippen LogP contribution in [0.15, 0.2) is 114 Å². The monoisotopic (exact) mass is 765 g/mol. The first-order chi connectivity index (χ1) is 29.5. The largest absolute Gasteiger partial charge is 0.308 e. The zero-order valence-electron chi connectivity index (χ0n) is 33.9. The number of fused-ring (bicyclic) bond motifs is 22. The van der Waals surface area contributed by atoms with Gasteiger partial charge in [0.1, 0.15) is 0 Å². The van der Waals surface area contributed by atoms with Gasteiger partial charge in [-0.05, 0) is 140 Å². The van der Waals surface area contributed by atoms with Crippen LogP contribution in [0.2, 0.25) is 0 Å². The predicted molar refractivity (Wildman–Crippen MR) is 245 cm³/mol. The number of aromatic nitrogens is 1. The molecular weight excluding hydrogens is 727 g/mol. The minimum Gasteiger partial charge on any atom is -0.308 e.